The van der Waals surface area contributed by atoms with Crippen LogP contribution in [0, 0.1) is 6.92 Å². The first-order valence-corrected chi connectivity index (χ1v) is 12.4. The van der Waals surface area contributed by atoms with Gasteiger partial charge in [0.1, 0.15) is 19.0 Å². The highest BCUT2D eigenvalue weighted by molar-refractivity contribution is 6.30. The average molecular weight is 535 g/mol. The Hall–Kier alpha value is -4.17. The molecule has 0 spiro atoms. The van der Waals surface area contributed by atoms with Gasteiger partial charge in [-0.15, -0.1) is 0 Å². The molecule has 9 heteroatoms. The predicted octanol–water partition coefficient (Wildman–Crippen LogP) is 4.96. The van der Waals surface area contributed by atoms with Crippen LogP contribution in [0.25, 0.3) is 10.9 Å². The van der Waals surface area contributed by atoms with Crippen molar-refractivity contribution in [1.29, 1.82) is 0 Å². The number of aromatic nitrogens is 2. The largest absolute Gasteiger partial charge is 0.497 e. The molecule has 0 unspecified atom stereocenters. The van der Waals surface area contributed by atoms with E-state index in [9.17, 15) is 14.4 Å². The number of fused-ring (bicyclic) bond motifs is 1. The highest BCUT2D eigenvalue weighted by atomic mass is 35.5. The average Bonchev–Trinajstić information content (AvgIpc) is 3.20. The third kappa shape index (κ3) is 6.39. The maximum Gasteiger partial charge on any atom is 0.310 e. The van der Waals surface area contributed by atoms with Crippen LogP contribution in [0.5, 0.6) is 5.75 Å². The monoisotopic (exact) mass is 534 g/mol. The van der Waals surface area contributed by atoms with E-state index in [4.69, 9.17) is 25.8 Å². The van der Waals surface area contributed by atoms with E-state index < -0.39 is 5.97 Å². The Kier molecular flexibility index (Phi) is 8.76. The molecule has 0 aliphatic heterocycles. The molecule has 2 heterocycles. The maximum absolute atomic E-state index is 13.4. The zero-order valence-corrected chi connectivity index (χ0v) is 21.9. The van der Waals surface area contributed by atoms with Crippen molar-refractivity contribution in [2.45, 2.75) is 26.2 Å². The third-order valence-corrected chi connectivity index (χ3v) is 6.36. The number of rotatable bonds is 10. The lowest BCUT2D eigenvalue weighted by atomic mass is 10.1. The second-order valence-corrected chi connectivity index (χ2v) is 9.01. The van der Waals surface area contributed by atoms with Crippen LogP contribution in [0.2, 0.25) is 5.02 Å². The standard InChI is InChI=1S/C29H27ClN2O6/c1-19-24(17-28(34)38-15-14-37-27(33)12-5-20-4-3-13-31-18-20)25-16-23(36-2)10-11-26(25)32(19)29(35)21-6-8-22(30)9-7-21/h3-4,6-11,13,16,18H,5,12,14-15,17H2,1-2H3. The number of nitrogens with zero attached hydrogens (tertiary/aromatic N) is 2. The molecule has 4 rings (SSSR count). The summed E-state index contributed by atoms with van der Waals surface area (Å²) in [6.45, 7) is 1.68. The highest BCUT2D eigenvalue weighted by Gasteiger charge is 2.22. The molecule has 0 bridgehead atoms. The molecule has 0 N–H and O–H groups in total. The van der Waals surface area contributed by atoms with Crippen LogP contribution in [0.3, 0.4) is 0 Å². The zero-order valence-electron chi connectivity index (χ0n) is 21.1. The van der Waals surface area contributed by atoms with E-state index in [1.807, 2.05) is 12.1 Å². The number of esters is 2. The highest BCUT2D eigenvalue weighted by Crippen LogP contribution is 2.31. The van der Waals surface area contributed by atoms with Crippen LogP contribution in [-0.4, -0.2) is 47.7 Å². The molecule has 0 atom stereocenters. The molecule has 0 saturated heterocycles. The minimum atomic E-state index is -0.500. The number of aryl methyl sites for hydroxylation is 1. The molecule has 38 heavy (non-hydrogen) atoms. The number of carbonyl (C=O) groups excluding carboxylic acids is 3. The van der Waals surface area contributed by atoms with E-state index in [-0.39, 0.29) is 37.9 Å². The third-order valence-electron chi connectivity index (χ3n) is 6.11. The minimum absolute atomic E-state index is 0.0404. The van der Waals surface area contributed by atoms with Crippen LogP contribution in [0.1, 0.15) is 33.6 Å². The van der Waals surface area contributed by atoms with Crippen molar-refractivity contribution < 1.29 is 28.6 Å². The number of hydrogen-bond donors (Lipinski definition) is 0. The molecule has 0 saturated carbocycles. The summed E-state index contributed by atoms with van der Waals surface area (Å²) in [5, 5.41) is 1.24. The first-order chi connectivity index (χ1) is 18.4. The maximum atomic E-state index is 13.4. The number of ether oxygens (including phenoxy) is 3. The fourth-order valence-electron chi connectivity index (χ4n) is 4.17. The molecule has 0 aliphatic carbocycles. The molecule has 2 aromatic carbocycles. The van der Waals surface area contributed by atoms with Gasteiger partial charge in [-0.25, -0.2) is 0 Å². The fourth-order valence-corrected chi connectivity index (χ4v) is 4.29. The summed E-state index contributed by atoms with van der Waals surface area (Å²) in [6.07, 6.45) is 4.04. The van der Waals surface area contributed by atoms with Crippen molar-refractivity contribution in [3.8, 4) is 5.75 Å². The Labute approximate surface area is 225 Å². The summed E-state index contributed by atoms with van der Waals surface area (Å²) in [6, 6.07) is 15.7. The molecule has 0 fully saturated rings. The Morgan fingerprint density at radius 3 is 2.39 bits per heavy atom. The Balaban J connectivity index is 1.41. The van der Waals surface area contributed by atoms with Crippen molar-refractivity contribution in [2.24, 2.45) is 0 Å². The van der Waals surface area contributed by atoms with Gasteiger partial charge < -0.3 is 14.2 Å². The van der Waals surface area contributed by atoms with Crippen molar-refractivity contribution in [3.05, 3.63) is 94.4 Å². The number of methoxy groups -OCH3 is 1. The minimum Gasteiger partial charge on any atom is -0.497 e. The van der Waals surface area contributed by atoms with Crippen molar-refractivity contribution in [1.82, 2.24) is 9.55 Å². The number of carbonyl (C=O) groups is 3. The molecule has 8 nitrogen and oxygen atoms in total. The van der Waals surface area contributed by atoms with Gasteiger partial charge >= 0.3 is 11.9 Å². The second-order valence-electron chi connectivity index (χ2n) is 8.57. The van der Waals surface area contributed by atoms with Crippen LogP contribution in [-0.2, 0) is 31.9 Å². The first kappa shape index (κ1) is 26.9. The number of pyridine rings is 1. The molecule has 2 aromatic heterocycles. The summed E-state index contributed by atoms with van der Waals surface area (Å²) < 4.78 is 17.4. The first-order valence-electron chi connectivity index (χ1n) is 12.1. The van der Waals surface area contributed by atoms with E-state index in [0.29, 0.717) is 44.9 Å². The molecule has 196 valence electrons. The van der Waals surface area contributed by atoms with E-state index in [0.717, 1.165) is 5.56 Å². The van der Waals surface area contributed by atoms with Crippen LogP contribution >= 0.6 is 11.6 Å². The molecular formula is C29H27ClN2O6. The topological polar surface area (TPSA) is 96.7 Å². The smallest absolute Gasteiger partial charge is 0.310 e. The van der Waals surface area contributed by atoms with Crippen LogP contribution in [0.15, 0.2) is 67.0 Å². The number of benzene rings is 2. The van der Waals surface area contributed by atoms with E-state index in [1.165, 1.54) is 0 Å². The summed E-state index contributed by atoms with van der Waals surface area (Å²) >= 11 is 5.98. The van der Waals surface area contributed by atoms with Crippen molar-refractivity contribution in [3.63, 3.8) is 0 Å². The van der Waals surface area contributed by atoms with Crippen molar-refractivity contribution >= 4 is 40.3 Å². The van der Waals surface area contributed by atoms with Gasteiger partial charge in [0.05, 0.1) is 19.0 Å². The van der Waals surface area contributed by atoms with Gasteiger partial charge in [-0.2, -0.15) is 0 Å². The number of halogens is 1. The summed E-state index contributed by atoms with van der Waals surface area (Å²) in [4.78, 5) is 42.1. The van der Waals surface area contributed by atoms with E-state index in [2.05, 4.69) is 4.98 Å². The van der Waals surface area contributed by atoms with Gasteiger partial charge in [0.15, 0.2) is 0 Å². The van der Waals surface area contributed by atoms with Gasteiger partial charge in [0.25, 0.3) is 5.91 Å². The quantitative estimate of drug-likeness (QED) is 0.209. The summed E-state index contributed by atoms with van der Waals surface area (Å²) in [5.41, 5.74) is 3.32. The number of hydrogen-bond acceptors (Lipinski definition) is 7. The molecule has 0 amide bonds. The molecular weight excluding hydrogens is 508 g/mol. The molecule has 0 aliphatic rings. The lowest BCUT2D eigenvalue weighted by molar-refractivity contribution is -0.151. The lowest BCUT2D eigenvalue weighted by Crippen LogP contribution is -2.16. The van der Waals surface area contributed by atoms with Gasteiger partial charge in [-0.3, -0.25) is 23.9 Å². The Morgan fingerprint density at radius 1 is 0.974 bits per heavy atom. The SMILES string of the molecule is COc1ccc2c(c1)c(CC(=O)OCCOC(=O)CCc1cccnc1)c(C)n2C(=O)c1ccc(Cl)cc1. The molecule has 4 aromatic rings. The summed E-state index contributed by atoms with van der Waals surface area (Å²) in [5.74, 6) is -0.523. The Morgan fingerprint density at radius 2 is 1.71 bits per heavy atom. The predicted molar refractivity (Wildman–Crippen MR) is 143 cm³/mol. The van der Waals surface area contributed by atoms with Crippen molar-refractivity contribution in [2.75, 3.05) is 20.3 Å². The van der Waals surface area contributed by atoms with Gasteiger partial charge in [-0.1, -0.05) is 17.7 Å². The van der Waals surface area contributed by atoms with Crippen LogP contribution < -0.4 is 4.74 Å². The normalized spacial score (nSPS) is 10.8. The van der Waals surface area contributed by atoms with Gasteiger partial charge in [-0.05, 0) is 73.0 Å². The lowest BCUT2D eigenvalue weighted by Gasteiger charge is -2.09. The van der Waals surface area contributed by atoms with E-state index >= 15 is 0 Å². The van der Waals surface area contributed by atoms with E-state index in [1.54, 1.807) is 73.5 Å². The fraction of sp³-hybridized carbons (Fsp3) is 0.241. The molecule has 0 radical (unpaired) electrons. The van der Waals surface area contributed by atoms with Crippen LogP contribution in [0.4, 0.5) is 0 Å². The zero-order chi connectivity index (χ0) is 27.1. The van der Waals surface area contributed by atoms with Gasteiger partial charge in [0, 0.05) is 40.5 Å². The van der Waals surface area contributed by atoms with Gasteiger partial charge in [0.2, 0.25) is 0 Å². The Bertz CT molecular complexity index is 1450. The second kappa shape index (κ2) is 12.4. The summed E-state index contributed by atoms with van der Waals surface area (Å²) in [7, 11) is 1.55.